The number of anilines is 1. The van der Waals surface area contributed by atoms with Crippen LogP contribution >= 0.6 is 0 Å². The van der Waals surface area contributed by atoms with Crippen molar-refractivity contribution < 1.29 is 14.6 Å². The molecule has 2 aromatic carbocycles. The quantitative estimate of drug-likeness (QED) is 0.788. The third-order valence-electron chi connectivity index (χ3n) is 4.59. The van der Waals surface area contributed by atoms with Crippen molar-refractivity contribution in [3.05, 3.63) is 59.7 Å². The first-order chi connectivity index (χ1) is 12.3. The molecule has 3 rings (SSSR count). The highest BCUT2D eigenvalue weighted by atomic mass is 16.5. The van der Waals surface area contributed by atoms with Crippen LogP contribution in [0.2, 0.25) is 0 Å². The Morgan fingerprint density at radius 2 is 2.08 bits per heavy atom. The van der Waals surface area contributed by atoms with Gasteiger partial charge in [0, 0.05) is 12.6 Å². The maximum Gasteiger partial charge on any atom is 0.142 e. The van der Waals surface area contributed by atoms with Gasteiger partial charge in [-0.05, 0) is 49.4 Å². The predicted octanol–water partition coefficient (Wildman–Crippen LogP) is 4.30. The van der Waals surface area contributed by atoms with Gasteiger partial charge in [0.05, 0.1) is 18.4 Å². The van der Waals surface area contributed by atoms with E-state index < -0.39 is 0 Å². The Hall–Kier alpha value is -2.04. The molecular weight excluding hydrogens is 314 g/mol. The number of para-hydroxylation sites is 2. The summed E-state index contributed by atoms with van der Waals surface area (Å²) in [6.07, 6.45) is 3.63. The molecule has 2 aromatic rings. The van der Waals surface area contributed by atoms with Crippen LogP contribution in [0.15, 0.2) is 48.5 Å². The molecule has 0 bridgehead atoms. The number of aliphatic hydroxyl groups excluding tert-OH is 1. The Labute approximate surface area is 149 Å². The van der Waals surface area contributed by atoms with Crippen LogP contribution in [0, 0.1) is 0 Å². The van der Waals surface area contributed by atoms with Gasteiger partial charge in [-0.2, -0.15) is 0 Å². The number of benzene rings is 2. The van der Waals surface area contributed by atoms with E-state index in [9.17, 15) is 5.11 Å². The monoisotopic (exact) mass is 341 g/mol. The van der Waals surface area contributed by atoms with Gasteiger partial charge in [0.15, 0.2) is 0 Å². The summed E-state index contributed by atoms with van der Waals surface area (Å²) in [7, 11) is 0. The highest BCUT2D eigenvalue weighted by Crippen LogP contribution is 2.29. The summed E-state index contributed by atoms with van der Waals surface area (Å²) in [6.45, 7) is 3.60. The molecule has 0 saturated carbocycles. The highest BCUT2D eigenvalue weighted by molar-refractivity contribution is 5.57. The summed E-state index contributed by atoms with van der Waals surface area (Å²) in [5, 5.41) is 12.8. The van der Waals surface area contributed by atoms with Gasteiger partial charge in [0.25, 0.3) is 0 Å². The molecule has 4 heteroatoms. The minimum atomic E-state index is 0.0572. The molecule has 1 saturated heterocycles. The minimum Gasteiger partial charge on any atom is -0.489 e. The lowest BCUT2D eigenvalue weighted by Crippen LogP contribution is -2.26. The Morgan fingerprint density at radius 1 is 1.20 bits per heavy atom. The van der Waals surface area contributed by atoms with Crippen molar-refractivity contribution in [3.63, 3.8) is 0 Å². The van der Waals surface area contributed by atoms with Gasteiger partial charge >= 0.3 is 0 Å². The molecule has 2 N–H and O–H groups in total. The van der Waals surface area contributed by atoms with Crippen LogP contribution < -0.4 is 10.1 Å². The average Bonchev–Trinajstić information content (AvgIpc) is 2.68. The third-order valence-corrected chi connectivity index (χ3v) is 4.59. The van der Waals surface area contributed by atoms with Crippen LogP contribution in [0.1, 0.15) is 43.4 Å². The molecule has 134 valence electrons. The van der Waals surface area contributed by atoms with E-state index in [1.54, 1.807) is 0 Å². The third kappa shape index (κ3) is 4.97. The van der Waals surface area contributed by atoms with E-state index in [0.717, 1.165) is 42.0 Å². The maximum atomic E-state index is 9.32. The molecule has 0 aliphatic carbocycles. The molecule has 0 spiro atoms. The van der Waals surface area contributed by atoms with Crippen molar-refractivity contribution in [3.8, 4) is 5.75 Å². The molecule has 4 nitrogen and oxygen atoms in total. The van der Waals surface area contributed by atoms with Gasteiger partial charge in [-0.25, -0.2) is 0 Å². The molecule has 1 fully saturated rings. The van der Waals surface area contributed by atoms with Crippen LogP contribution in [0.25, 0.3) is 0 Å². The lowest BCUT2D eigenvalue weighted by atomic mass is 10.1. The maximum absolute atomic E-state index is 9.32. The SMILES string of the molecule is CC(Nc1ccccc1OCC1CCCCO1)c1cccc(CO)c1. The second kappa shape index (κ2) is 8.88. The number of rotatable bonds is 7. The summed E-state index contributed by atoms with van der Waals surface area (Å²) in [6, 6.07) is 16.1. The first kappa shape index (κ1) is 17.8. The van der Waals surface area contributed by atoms with Gasteiger partial charge < -0.3 is 19.9 Å². The van der Waals surface area contributed by atoms with Gasteiger partial charge in [0.1, 0.15) is 12.4 Å². The predicted molar refractivity (Wildman–Crippen MR) is 99.9 cm³/mol. The normalized spacial score (nSPS) is 18.6. The van der Waals surface area contributed by atoms with Gasteiger partial charge in [-0.15, -0.1) is 0 Å². The van der Waals surface area contributed by atoms with E-state index in [1.165, 1.54) is 6.42 Å². The van der Waals surface area contributed by atoms with Gasteiger partial charge in [-0.1, -0.05) is 36.4 Å². The summed E-state index contributed by atoms with van der Waals surface area (Å²) in [5.41, 5.74) is 3.03. The van der Waals surface area contributed by atoms with E-state index in [4.69, 9.17) is 9.47 Å². The summed E-state index contributed by atoms with van der Waals surface area (Å²) < 4.78 is 11.8. The van der Waals surface area contributed by atoms with Crippen LogP contribution in [0.5, 0.6) is 5.75 Å². The molecule has 0 amide bonds. The molecule has 2 unspecified atom stereocenters. The highest BCUT2D eigenvalue weighted by Gasteiger charge is 2.16. The van der Waals surface area contributed by atoms with Crippen molar-refractivity contribution in [2.75, 3.05) is 18.5 Å². The first-order valence-electron chi connectivity index (χ1n) is 9.06. The van der Waals surface area contributed by atoms with Crippen LogP contribution in [-0.4, -0.2) is 24.4 Å². The fourth-order valence-corrected chi connectivity index (χ4v) is 3.11. The Balaban J connectivity index is 1.65. The molecule has 1 aliphatic heterocycles. The first-order valence-corrected chi connectivity index (χ1v) is 9.06. The van der Waals surface area contributed by atoms with Crippen molar-refractivity contribution in [2.24, 2.45) is 0 Å². The molecular formula is C21H27NO3. The van der Waals surface area contributed by atoms with Crippen LogP contribution in [-0.2, 0) is 11.3 Å². The smallest absolute Gasteiger partial charge is 0.142 e. The fraction of sp³-hybridized carbons (Fsp3) is 0.429. The summed E-state index contributed by atoms with van der Waals surface area (Å²) >= 11 is 0. The molecule has 2 atom stereocenters. The number of ether oxygens (including phenoxy) is 2. The van der Waals surface area contributed by atoms with E-state index in [-0.39, 0.29) is 18.8 Å². The topological polar surface area (TPSA) is 50.7 Å². The van der Waals surface area contributed by atoms with E-state index in [1.807, 2.05) is 42.5 Å². The average molecular weight is 341 g/mol. The van der Waals surface area contributed by atoms with Gasteiger partial charge in [0.2, 0.25) is 0 Å². The minimum absolute atomic E-state index is 0.0572. The van der Waals surface area contributed by atoms with E-state index in [0.29, 0.717) is 6.61 Å². The standard InChI is InChI=1S/C21H27NO3/c1-16(18-8-6-7-17(13-18)14-23)22-20-10-2-3-11-21(20)25-15-19-9-4-5-12-24-19/h2-3,6-8,10-11,13,16,19,22-23H,4-5,9,12,14-15H2,1H3. The zero-order chi connectivity index (χ0) is 17.5. The Bertz CT molecular complexity index is 668. The Morgan fingerprint density at radius 3 is 2.88 bits per heavy atom. The van der Waals surface area contributed by atoms with Crippen molar-refractivity contribution in [2.45, 2.75) is 44.9 Å². The molecule has 0 aromatic heterocycles. The number of hydrogen-bond donors (Lipinski definition) is 2. The zero-order valence-corrected chi connectivity index (χ0v) is 14.8. The van der Waals surface area contributed by atoms with Crippen LogP contribution in [0.4, 0.5) is 5.69 Å². The molecule has 1 heterocycles. The largest absolute Gasteiger partial charge is 0.489 e. The summed E-state index contributed by atoms with van der Waals surface area (Å²) in [5.74, 6) is 0.849. The zero-order valence-electron chi connectivity index (χ0n) is 14.8. The molecule has 25 heavy (non-hydrogen) atoms. The second-order valence-electron chi connectivity index (χ2n) is 6.56. The number of aliphatic hydroxyl groups is 1. The molecule has 1 aliphatic rings. The Kier molecular flexibility index (Phi) is 6.31. The van der Waals surface area contributed by atoms with Crippen molar-refractivity contribution >= 4 is 5.69 Å². The van der Waals surface area contributed by atoms with Gasteiger partial charge in [-0.3, -0.25) is 0 Å². The number of hydrogen-bond acceptors (Lipinski definition) is 4. The lowest BCUT2D eigenvalue weighted by Gasteiger charge is -2.24. The lowest BCUT2D eigenvalue weighted by molar-refractivity contribution is -0.0109. The van der Waals surface area contributed by atoms with Crippen molar-refractivity contribution in [1.82, 2.24) is 0 Å². The van der Waals surface area contributed by atoms with E-state index in [2.05, 4.69) is 18.3 Å². The second-order valence-corrected chi connectivity index (χ2v) is 6.56. The summed E-state index contributed by atoms with van der Waals surface area (Å²) in [4.78, 5) is 0. The molecule has 0 radical (unpaired) electrons. The number of nitrogens with one attached hydrogen (secondary N) is 1. The van der Waals surface area contributed by atoms with E-state index >= 15 is 0 Å². The van der Waals surface area contributed by atoms with Crippen molar-refractivity contribution in [1.29, 1.82) is 0 Å². The van der Waals surface area contributed by atoms with Crippen LogP contribution in [0.3, 0.4) is 0 Å². The fourth-order valence-electron chi connectivity index (χ4n) is 3.11.